The van der Waals surface area contributed by atoms with Crippen LogP contribution in [0.3, 0.4) is 0 Å². The Bertz CT molecular complexity index is 454. The summed E-state index contributed by atoms with van der Waals surface area (Å²) in [6.07, 6.45) is 2.05. The normalized spacial score (nSPS) is 13.8. The molecule has 0 unspecified atom stereocenters. The van der Waals surface area contributed by atoms with Crippen molar-refractivity contribution in [1.82, 2.24) is 10.6 Å². The van der Waals surface area contributed by atoms with Crippen LogP contribution in [0.2, 0.25) is 5.02 Å². The van der Waals surface area contributed by atoms with Crippen LogP contribution in [-0.4, -0.2) is 32.2 Å². The fourth-order valence-corrected chi connectivity index (χ4v) is 2.11. The van der Waals surface area contributed by atoms with Crippen molar-refractivity contribution in [1.29, 1.82) is 0 Å². The molecule has 0 aliphatic carbocycles. The van der Waals surface area contributed by atoms with E-state index in [2.05, 4.69) is 15.6 Å². The van der Waals surface area contributed by atoms with E-state index in [4.69, 9.17) is 16.3 Å². The average Bonchev–Trinajstić information content (AvgIpc) is 2.42. The van der Waals surface area contributed by atoms with Crippen molar-refractivity contribution in [2.24, 2.45) is 4.99 Å². The van der Waals surface area contributed by atoms with Gasteiger partial charge in [-0.1, -0.05) is 11.6 Å². The molecule has 0 saturated heterocycles. The van der Waals surface area contributed by atoms with Crippen LogP contribution in [0.15, 0.2) is 23.2 Å². The number of hydrogen-bond acceptors (Lipinski definition) is 4. The highest BCUT2D eigenvalue weighted by Crippen LogP contribution is 2.21. The Balaban J connectivity index is 0.00000200. The number of hydrogen-bond donors (Lipinski definition) is 2. The monoisotopic (exact) mass is 409 g/mol. The predicted molar refractivity (Wildman–Crippen MR) is 94.6 cm³/mol. The first kappa shape index (κ1) is 17.4. The number of aliphatic imine (C=N–C) groups is 1. The largest absolute Gasteiger partial charge is 0.493 e. The molecule has 0 amide bonds. The van der Waals surface area contributed by atoms with Crippen molar-refractivity contribution < 1.29 is 4.74 Å². The summed E-state index contributed by atoms with van der Waals surface area (Å²) in [5, 5.41) is 7.24. The van der Waals surface area contributed by atoms with E-state index in [0.717, 1.165) is 54.8 Å². The maximum atomic E-state index is 5.90. The highest BCUT2D eigenvalue weighted by molar-refractivity contribution is 14.0. The average molecular weight is 410 g/mol. The van der Waals surface area contributed by atoms with E-state index in [0.29, 0.717) is 6.61 Å². The van der Waals surface area contributed by atoms with Gasteiger partial charge in [-0.2, -0.15) is 0 Å². The van der Waals surface area contributed by atoms with Gasteiger partial charge in [0.25, 0.3) is 0 Å². The first-order chi connectivity index (χ1) is 9.25. The second-order valence-corrected chi connectivity index (χ2v) is 4.99. The molecule has 1 heterocycles. The smallest absolute Gasteiger partial charge is 0.191 e. The van der Waals surface area contributed by atoms with Crippen LogP contribution in [0.1, 0.15) is 18.4 Å². The second kappa shape index (κ2) is 9.28. The van der Waals surface area contributed by atoms with Gasteiger partial charge in [0.1, 0.15) is 5.75 Å². The van der Waals surface area contributed by atoms with Gasteiger partial charge in [0.05, 0.1) is 6.61 Å². The molecule has 0 spiro atoms. The third-order valence-electron chi connectivity index (χ3n) is 2.91. The van der Waals surface area contributed by atoms with E-state index in [1.807, 2.05) is 25.1 Å². The molecule has 0 atom stereocenters. The lowest BCUT2D eigenvalue weighted by molar-refractivity contribution is 0.309. The number of aryl methyl sites for hydroxylation is 1. The van der Waals surface area contributed by atoms with Crippen LogP contribution in [0.5, 0.6) is 5.75 Å². The van der Waals surface area contributed by atoms with Gasteiger partial charge in [0.15, 0.2) is 5.96 Å². The molecule has 4 nitrogen and oxygen atoms in total. The molecular formula is C14H21ClIN3O. The molecule has 2 N–H and O–H groups in total. The van der Waals surface area contributed by atoms with Gasteiger partial charge in [-0.3, -0.25) is 4.99 Å². The Morgan fingerprint density at radius 1 is 1.45 bits per heavy atom. The maximum Gasteiger partial charge on any atom is 0.191 e. The van der Waals surface area contributed by atoms with E-state index in [9.17, 15) is 0 Å². The summed E-state index contributed by atoms with van der Waals surface area (Å²) in [5.41, 5.74) is 1.07. The minimum Gasteiger partial charge on any atom is -0.493 e. The lowest BCUT2D eigenvalue weighted by Crippen LogP contribution is -2.41. The second-order valence-electron chi connectivity index (χ2n) is 4.55. The van der Waals surface area contributed by atoms with Crippen molar-refractivity contribution in [3.05, 3.63) is 28.8 Å². The minimum absolute atomic E-state index is 0. The summed E-state index contributed by atoms with van der Waals surface area (Å²) >= 11 is 5.90. The molecule has 1 aliphatic rings. The summed E-state index contributed by atoms with van der Waals surface area (Å²) in [6, 6.07) is 5.68. The van der Waals surface area contributed by atoms with Crippen molar-refractivity contribution in [2.75, 3.05) is 26.2 Å². The predicted octanol–water partition coefficient (Wildman–Crippen LogP) is 2.97. The number of benzene rings is 1. The van der Waals surface area contributed by atoms with Gasteiger partial charge in [0, 0.05) is 24.7 Å². The van der Waals surface area contributed by atoms with Gasteiger partial charge < -0.3 is 15.4 Å². The van der Waals surface area contributed by atoms with Crippen LogP contribution in [0.4, 0.5) is 0 Å². The van der Waals surface area contributed by atoms with Crippen molar-refractivity contribution >= 4 is 41.5 Å². The molecule has 1 aliphatic heterocycles. The molecule has 20 heavy (non-hydrogen) atoms. The maximum absolute atomic E-state index is 5.90. The minimum atomic E-state index is 0. The summed E-state index contributed by atoms with van der Waals surface area (Å²) in [5.74, 6) is 1.81. The first-order valence-corrected chi connectivity index (χ1v) is 7.04. The molecule has 0 bridgehead atoms. The lowest BCUT2D eigenvalue weighted by Gasteiger charge is -2.16. The van der Waals surface area contributed by atoms with E-state index in [1.165, 1.54) is 0 Å². The Morgan fingerprint density at radius 2 is 2.30 bits per heavy atom. The highest BCUT2D eigenvalue weighted by Gasteiger charge is 2.03. The van der Waals surface area contributed by atoms with Crippen LogP contribution < -0.4 is 15.4 Å². The standard InChI is InChI=1S/C14H20ClN3O.HI/c1-11-10-12(15)4-5-13(11)19-9-3-8-18-14-16-6-2-7-17-14;/h4-5,10H,2-3,6-9H2,1H3,(H2,16,17,18);1H. The molecule has 0 aromatic heterocycles. The van der Waals surface area contributed by atoms with Crippen LogP contribution in [-0.2, 0) is 0 Å². The van der Waals surface area contributed by atoms with Gasteiger partial charge in [-0.05, 0) is 43.5 Å². The Labute approximate surface area is 142 Å². The van der Waals surface area contributed by atoms with E-state index in [-0.39, 0.29) is 24.0 Å². The van der Waals surface area contributed by atoms with E-state index >= 15 is 0 Å². The van der Waals surface area contributed by atoms with Gasteiger partial charge in [-0.25, -0.2) is 0 Å². The van der Waals surface area contributed by atoms with Crippen LogP contribution >= 0.6 is 35.6 Å². The fraction of sp³-hybridized carbons (Fsp3) is 0.500. The zero-order valence-electron chi connectivity index (χ0n) is 11.6. The van der Waals surface area contributed by atoms with E-state index in [1.54, 1.807) is 0 Å². The van der Waals surface area contributed by atoms with Gasteiger partial charge in [-0.15, -0.1) is 24.0 Å². The third kappa shape index (κ3) is 5.75. The molecule has 0 fully saturated rings. The third-order valence-corrected chi connectivity index (χ3v) is 3.14. The Kier molecular flexibility index (Phi) is 8.06. The quantitative estimate of drug-likeness (QED) is 0.580. The number of guanidine groups is 1. The lowest BCUT2D eigenvalue weighted by atomic mass is 10.2. The number of nitrogens with one attached hydrogen (secondary N) is 2. The van der Waals surface area contributed by atoms with Gasteiger partial charge in [0.2, 0.25) is 0 Å². The zero-order chi connectivity index (χ0) is 13.5. The fourth-order valence-electron chi connectivity index (χ4n) is 1.89. The topological polar surface area (TPSA) is 45.6 Å². The summed E-state index contributed by atoms with van der Waals surface area (Å²) in [4.78, 5) is 4.35. The number of nitrogens with zero attached hydrogens (tertiary/aromatic N) is 1. The number of rotatable bonds is 5. The molecule has 0 saturated carbocycles. The summed E-state index contributed by atoms with van der Waals surface area (Å²) in [6.45, 7) is 5.46. The molecule has 112 valence electrons. The summed E-state index contributed by atoms with van der Waals surface area (Å²) < 4.78 is 5.72. The molecule has 0 radical (unpaired) electrons. The molecule has 1 aromatic carbocycles. The highest BCUT2D eigenvalue weighted by atomic mass is 127. The molecule has 6 heteroatoms. The Morgan fingerprint density at radius 3 is 3.00 bits per heavy atom. The van der Waals surface area contributed by atoms with Crippen molar-refractivity contribution in [3.63, 3.8) is 0 Å². The Hall–Kier alpha value is -0.690. The molecule has 2 rings (SSSR count). The van der Waals surface area contributed by atoms with Crippen molar-refractivity contribution in [3.8, 4) is 5.75 Å². The van der Waals surface area contributed by atoms with Crippen molar-refractivity contribution in [2.45, 2.75) is 19.8 Å². The SMILES string of the molecule is Cc1cc(Cl)ccc1OCCCNC1=NCCCN1.I. The number of halogens is 2. The van der Waals surface area contributed by atoms with Crippen LogP contribution in [0.25, 0.3) is 0 Å². The van der Waals surface area contributed by atoms with Crippen LogP contribution in [0, 0.1) is 6.92 Å². The summed E-state index contributed by atoms with van der Waals surface area (Å²) in [7, 11) is 0. The first-order valence-electron chi connectivity index (χ1n) is 6.67. The number of ether oxygens (including phenoxy) is 1. The van der Waals surface area contributed by atoms with Gasteiger partial charge >= 0.3 is 0 Å². The molecular weight excluding hydrogens is 389 g/mol. The zero-order valence-corrected chi connectivity index (χ0v) is 14.7. The van der Waals surface area contributed by atoms with E-state index < -0.39 is 0 Å². The molecule has 1 aromatic rings.